The fourth-order valence-corrected chi connectivity index (χ4v) is 3.87. The summed E-state index contributed by atoms with van der Waals surface area (Å²) >= 11 is 0. The lowest BCUT2D eigenvalue weighted by Gasteiger charge is -2.56. The number of rotatable bonds is 4. The first-order chi connectivity index (χ1) is 13.0. The van der Waals surface area contributed by atoms with Crippen LogP contribution in [-0.4, -0.2) is 60.0 Å². The van der Waals surface area contributed by atoms with Gasteiger partial charge in [-0.2, -0.15) is 0 Å². The van der Waals surface area contributed by atoms with Gasteiger partial charge in [0.05, 0.1) is 43.6 Å². The lowest BCUT2D eigenvalue weighted by Crippen LogP contribution is -2.66. The van der Waals surface area contributed by atoms with E-state index in [0.717, 1.165) is 0 Å². The minimum absolute atomic E-state index is 0.0465. The summed E-state index contributed by atoms with van der Waals surface area (Å²) in [7, 11) is 0. The Morgan fingerprint density at radius 3 is 2.56 bits per heavy atom. The fourth-order valence-electron chi connectivity index (χ4n) is 3.87. The molecule has 1 unspecified atom stereocenters. The Morgan fingerprint density at radius 2 is 1.96 bits per heavy atom. The molecule has 3 aliphatic rings. The number of ether oxygens (including phenoxy) is 2. The predicted octanol–water partition coefficient (Wildman–Crippen LogP) is 1.42. The maximum absolute atomic E-state index is 14.6. The maximum Gasteiger partial charge on any atom is 0.414 e. The van der Waals surface area contributed by atoms with Crippen LogP contribution < -0.4 is 9.80 Å². The number of benzene rings is 1. The first-order valence-corrected chi connectivity index (χ1v) is 8.67. The maximum atomic E-state index is 14.6. The minimum atomic E-state index is -0.687. The number of nitrogens with zero attached hydrogens (tertiary/aromatic N) is 5. The highest BCUT2D eigenvalue weighted by Gasteiger charge is 2.50. The number of hydrogen-bond acceptors (Lipinski definition) is 6. The Bertz CT molecular complexity index is 856. The molecule has 2 aromatic rings. The van der Waals surface area contributed by atoms with Gasteiger partial charge in [0.25, 0.3) is 0 Å². The molecule has 3 aliphatic heterocycles. The summed E-state index contributed by atoms with van der Waals surface area (Å²) in [5, 5.41) is 7.51. The Morgan fingerprint density at radius 1 is 1.22 bits per heavy atom. The van der Waals surface area contributed by atoms with Gasteiger partial charge in [-0.05, 0) is 0 Å². The standard InChI is InChI=1S/C17H17F2N5O3/c18-13-3-11(4-14(19)15(13)22-7-17(8-22)9-26-10-17)24-6-12(27-16(24)25)5-23-2-1-20-21-23/h1-4,12H,5-10H2. The number of amides is 1. The van der Waals surface area contributed by atoms with Crippen molar-refractivity contribution in [2.45, 2.75) is 12.6 Å². The smallest absolute Gasteiger partial charge is 0.414 e. The van der Waals surface area contributed by atoms with Gasteiger partial charge >= 0.3 is 6.09 Å². The summed E-state index contributed by atoms with van der Waals surface area (Å²) in [6, 6.07) is 2.36. The van der Waals surface area contributed by atoms with Crippen LogP contribution in [0.2, 0.25) is 0 Å². The number of hydrogen-bond donors (Lipinski definition) is 0. The first-order valence-electron chi connectivity index (χ1n) is 8.67. The van der Waals surface area contributed by atoms with Crippen LogP contribution in [0.15, 0.2) is 24.5 Å². The van der Waals surface area contributed by atoms with Crippen molar-refractivity contribution in [2.75, 3.05) is 42.6 Å². The second-order valence-electron chi connectivity index (χ2n) is 7.35. The monoisotopic (exact) mass is 377 g/mol. The van der Waals surface area contributed by atoms with E-state index in [1.807, 2.05) is 0 Å². The summed E-state index contributed by atoms with van der Waals surface area (Å²) in [5.74, 6) is -1.37. The predicted molar refractivity (Wildman–Crippen MR) is 89.5 cm³/mol. The van der Waals surface area contributed by atoms with E-state index in [-0.39, 0.29) is 23.3 Å². The zero-order valence-electron chi connectivity index (χ0n) is 14.3. The molecule has 27 heavy (non-hydrogen) atoms. The van der Waals surface area contributed by atoms with Gasteiger partial charge in [0.15, 0.2) is 11.6 Å². The average molecular weight is 377 g/mol. The molecule has 1 atom stereocenters. The number of aromatic nitrogens is 3. The summed E-state index contributed by atoms with van der Waals surface area (Å²) in [4.78, 5) is 15.0. The van der Waals surface area contributed by atoms with Gasteiger partial charge in [0.1, 0.15) is 11.8 Å². The zero-order valence-corrected chi connectivity index (χ0v) is 14.3. The molecule has 3 saturated heterocycles. The molecular weight excluding hydrogens is 360 g/mol. The van der Waals surface area contributed by atoms with Crippen molar-refractivity contribution in [1.82, 2.24) is 15.0 Å². The number of halogens is 2. The van der Waals surface area contributed by atoms with Crippen LogP contribution in [0.1, 0.15) is 0 Å². The average Bonchev–Trinajstić information content (AvgIpc) is 3.16. The highest BCUT2D eigenvalue weighted by atomic mass is 19.1. The number of carbonyl (C=O) groups excluding carboxylic acids is 1. The highest BCUT2D eigenvalue weighted by Crippen LogP contribution is 2.42. The molecule has 8 nitrogen and oxygen atoms in total. The van der Waals surface area contributed by atoms with Crippen LogP contribution in [0.25, 0.3) is 0 Å². The van der Waals surface area contributed by atoms with Crippen molar-refractivity contribution in [3.63, 3.8) is 0 Å². The van der Waals surface area contributed by atoms with Crippen molar-refractivity contribution in [2.24, 2.45) is 5.41 Å². The lowest BCUT2D eigenvalue weighted by atomic mass is 9.77. The number of carbonyl (C=O) groups is 1. The molecule has 1 aromatic heterocycles. The van der Waals surface area contributed by atoms with Gasteiger partial charge < -0.3 is 14.4 Å². The van der Waals surface area contributed by atoms with E-state index in [9.17, 15) is 13.6 Å². The molecule has 10 heteroatoms. The quantitative estimate of drug-likeness (QED) is 0.803. The number of anilines is 2. The molecule has 142 valence electrons. The molecule has 1 aromatic carbocycles. The van der Waals surface area contributed by atoms with Gasteiger partial charge in [-0.1, -0.05) is 5.21 Å². The van der Waals surface area contributed by atoms with E-state index in [2.05, 4.69) is 10.3 Å². The molecule has 0 N–H and O–H groups in total. The van der Waals surface area contributed by atoms with Gasteiger partial charge in [-0.15, -0.1) is 5.10 Å². The lowest BCUT2D eigenvalue weighted by molar-refractivity contribution is -0.127. The third-order valence-corrected chi connectivity index (χ3v) is 5.24. The summed E-state index contributed by atoms with van der Waals surface area (Å²) in [6.45, 7) is 2.93. The molecule has 1 amide bonds. The largest absolute Gasteiger partial charge is 0.442 e. The van der Waals surface area contributed by atoms with E-state index in [0.29, 0.717) is 32.8 Å². The first kappa shape index (κ1) is 16.4. The van der Waals surface area contributed by atoms with Crippen molar-refractivity contribution in [3.05, 3.63) is 36.2 Å². The molecule has 0 bridgehead atoms. The van der Waals surface area contributed by atoms with E-state index in [4.69, 9.17) is 9.47 Å². The van der Waals surface area contributed by atoms with Gasteiger partial charge in [-0.25, -0.2) is 18.3 Å². The third-order valence-electron chi connectivity index (χ3n) is 5.24. The van der Waals surface area contributed by atoms with E-state index < -0.39 is 23.8 Å². The SMILES string of the molecule is O=C1OC(Cn2ccnn2)CN1c1cc(F)c(N2CC3(COC3)C2)c(F)c1. The fraction of sp³-hybridized carbons (Fsp3) is 0.471. The molecule has 0 saturated carbocycles. The summed E-state index contributed by atoms with van der Waals surface area (Å²) < 4.78 is 41.2. The summed E-state index contributed by atoms with van der Waals surface area (Å²) in [5.41, 5.74) is 0.135. The Labute approximate surface area is 153 Å². The molecular formula is C17H17F2N5O3. The van der Waals surface area contributed by atoms with Crippen molar-refractivity contribution in [1.29, 1.82) is 0 Å². The van der Waals surface area contributed by atoms with Crippen LogP contribution >= 0.6 is 0 Å². The van der Waals surface area contributed by atoms with Gasteiger partial charge in [0.2, 0.25) is 0 Å². The van der Waals surface area contributed by atoms with Crippen LogP contribution in [0.3, 0.4) is 0 Å². The Hall–Kier alpha value is -2.75. The summed E-state index contributed by atoms with van der Waals surface area (Å²) in [6.07, 6.45) is 2.06. The van der Waals surface area contributed by atoms with Gasteiger partial charge in [-0.3, -0.25) is 4.90 Å². The molecule has 0 radical (unpaired) electrons. The molecule has 4 heterocycles. The minimum Gasteiger partial charge on any atom is -0.442 e. The topological polar surface area (TPSA) is 72.7 Å². The Kier molecular flexibility index (Phi) is 3.58. The molecule has 5 rings (SSSR count). The van der Waals surface area contributed by atoms with Crippen molar-refractivity contribution >= 4 is 17.5 Å². The van der Waals surface area contributed by atoms with Crippen molar-refractivity contribution < 1.29 is 23.0 Å². The van der Waals surface area contributed by atoms with Gasteiger partial charge in [0, 0.05) is 31.4 Å². The third kappa shape index (κ3) is 2.71. The normalized spacial score (nSPS) is 23.3. The van der Waals surface area contributed by atoms with E-state index in [1.54, 1.807) is 11.1 Å². The second kappa shape index (κ2) is 5.88. The zero-order chi connectivity index (χ0) is 18.6. The molecule has 0 aliphatic carbocycles. The second-order valence-corrected chi connectivity index (χ2v) is 7.35. The van der Waals surface area contributed by atoms with Crippen LogP contribution in [-0.2, 0) is 16.0 Å². The van der Waals surface area contributed by atoms with E-state index >= 15 is 0 Å². The Balaban J connectivity index is 1.32. The van der Waals surface area contributed by atoms with Crippen LogP contribution in [0.5, 0.6) is 0 Å². The van der Waals surface area contributed by atoms with Crippen molar-refractivity contribution in [3.8, 4) is 0 Å². The molecule has 1 spiro atoms. The van der Waals surface area contributed by atoms with Crippen LogP contribution in [0, 0.1) is 17.0 Å². The highest BCUT2D eigenvalue weighted by molar-refractivity contribution is 5.90. The van der Waals surface area contributed by atoms with E-state index in [1.165, 1.54) is 27.9 Å². The molecule has 3 fully saturated rings. The van der Waals surface area contributed by atoms with Crippen LogP contribution in [0.4, 0.5) is 25.0 Å². The number of cyclic esters (lactones) is 1.